The van der Waals surface area contributed by atoms with Crippen molar-refractivity contribution in [3.05, 3.63) is 0 Å². The molecule has 1 aliphatic heterocycles. The van der Waals surface area contributed by atoms with Crippen LogP contribution in [0.5, 0.6) is 0 Å². The molecule has 0 spiro atoms. The van der Waals surface area contributed by atoms with E-state index < -0.39 is 66.4 Å². The quantitative estimate of drug-likeness (QED) is 0.0754. The minimum Gasteiger partial charge on any atom is -0.387 e. The van der Waals surface area contributed by atoms with E-state index in [-0.39, 0.29) is 31.8 Å². The SMILES string of the molecule is NC(=O)CCC(NC(=O)C(N)CCCN=C(N)N)C(=O)NC(=O)C1OC(O)C(O)[C@@H](O)[C@H]1O. The highest BCUT2D eigenvalue weighted by atomic mass is 16.6. The molecule has 1 saturated heterocycles. The maximum atomic E-state index is 12.5. The summed E-state index contributed by atoms with van der Waals surface area (Å²) in [5.41, 5.74) is 21.2. The van der Waals surface area contributed by atoms with Crippen LogP contribution in [0.4, 0.5) is 0 Å². The van der Waals surface area contributed by atoms with E-state index in [2.05, 4.69) is 10.3 Å². The van der Waals surface area contributed by atoms with Crippen LogP contribution >= 0.6 is 0 Å². The van der Waals surface area contributed by atoms with Gasteiger partial charge in [0, 0.05) is 13.0 Å². The Morgan fingerprint density at radius 2 is 1.58 bits per heavy atom. The van der Waals surface area contributed by atoms with E-state index >= 15 is 0 Å². The monoisotopic (exact) mass is 477 g/mol. The molecule has 33 heavy (non-hydrogen) atoms. The van der Waals surface area contributed by atoms with Crippen molar-refractivity contribution >= 4 is 29.6 Å². The highest BCUT2D eigenvalue weighted by Crippen LogP contribution is 2.20. The van der Waals surface area contributed by atoms with Crippen molar-refractivity contribution in [2.45, 2.75) is 68.5 Å². The largest absolute Gasteiger partial charge is 0.387 e. The molecular weight excluding hydrogens is 446 g/mol. The Bertz CT molecular complexity index is 746. The van der Waals surface area contributed by atoms with Crippen LogP contribution in [-0.4, -0.2) is 99.3 Å². The van der Waals surface area contributed by atoms with Crippen molar-refractivity contribution in [1.82, 2.24) is 10.6 Å². The van der Waals surface area contributed by atoms with Crippen LogP contribution in [0.1, 0.15) is 25.7 Å². The smallest absolute Gasteiger partial charge is 0.258 e. The summed E-state index contributed by atoms with van der Waals surface area (Å²) in [6, 6.07) is -2.48. The van der Waals surface area contributed by atoms with Crippen LogP contribution in [-0.2, 0) is 23.9 Å². The lowest BCUT2D eigenvalue weighted by atomic mass is 9.98. The fraction of sp³-hybridized carbons (Fsp3) is 0.706. The first kappa shape index (κ1) is 28.1. The number of ether oxygens (including phenoxy) is 1. The summed E-state index contributed by atoms with van der Waals surface area (Å²) >= 11 is 0. The zero-order valence-corrected chi connectivity index (χ0v) is 17.7. The number of hydrogen-bond donors (Lipinski definition) is 10. The molecule has 4 amide bonds. The molecule has 0 bridgehead atoms. The molecule has 0 aromatic rings. The van der Waals surface area contributed by atoms with Crippen molar-refractivity contribution < 1.29 is 44.3 Å². The van der Waals surface area contributed by atoms with Gasteiger partial charge in [-0.2, -0.15) is 0 Å². The van der Waals surface area contributed by atoms with Gasteiger partial charge in [-0.15, -0.1) is 0 Å². The number of aliphatic hydroxyl groups is 4. The summed E-state index contributed by atoms with van der Waals surface area (Å²) in [5, 5.41) is 42.7. The molecule has 1 heterocycles. The zero-order chi connectivity index (χ0) is 25.3. The van der Waals surface area contributed by atoms with Gasteiger partial charge in [0.2, 0.25) is 17.7 Å². The maximum Gasteiger partial charge on any atom is 0.258 e. The predicted molar refractivity (Wildman–Crippen MR) is 110 cm³/mol. The van der Waals surface area contributed by atoms with Gasteiger partial charge >= 0.3 is 0 Å². The van der Waals surface area contributed by atoms with Crippen LogP contribution < -0.4 is 33.6 Å². The van der Waals surface area contributed by atoms with Gasteiger partial charge in [-0.3, -0.25) is 29.5 Å². The van der Waals surface area contributed by atoms with E-state index in [9.17, 15) is 39.6 Å². The number of amides is 4. The number of rotatable bonds is 11. The molecule has 0 aromatic heterocycles. The Morgan fingerprint density at radius 3 is 2.15 bits per heavy atom. The van der Waals surface area contributed by atoms with E-state index in [0.29, 0.717) is 6.42 Å². The van der Waals surface area contributed by atoms with Crippen molar-refractivity contribution in [2.75, 3.05) is 6.54 Å². The summed E-state index contributed by atoms with van der Waals surface area (Å²) < 4.78 is 4.73. The van der Waals surface area contributed by atoms with E-state index in [1.807, 2.05) is 5.32 Å². The highest BCUT2D eigenvalue weighted by Gasteiger charge is 2.46. The summed E-state index contributed by atoms with van der Waals surface area (Å²) in [7, 11) is 0. The molecule has 0 aliphatic carbocycles. The Hall–Kier alpha value is -2.89. The number of nitrogens with zero attached hydrogens (tertiary/aromatic N) is 1. The summed E-state index contributed by atoms with van der Waals surface area (Å²) in [6.07, 6.45) is -9.77. The predicted octanol–water partition coefficient (Wildman–Crippen LogP) is -6.44. The van der Waals surface area contributed by atoms with Gasteiger partial charge in [-0.05, 0) is 19.3 Å². The molecule has 188 valence electrons. The van der Waals surface area contributed by atoms with Crippen LogP contribution in [0.15, 0.2) is 4.99 Å². The molecule has 14 N–H and O–H groups in total. The van der Waals surface area contributed by atoms with Crippen LogP contribution in [0.25, 0.3) is 0 Å². The molecule has 0 radical (unpaired) electrons. The number of aliphatic imine (C=N–C) groups is 1. The first-order chi connectivity index (χ1) is 15.3. The van der Waals surface area contributed by atoms with Gasteiger partial charge < -0.3 is 53.4 Å². The van der Waals surface area contributed by atoms with Gasteiger partial charge in [0.05, 0.1) is 6.04 Å². The number of guanidine groups is 1. The van der Waals surface area contributed by atoms with Gasteiger partial charge in [0.25, 0.3) is 5.91 Å². The lowest BCUT2D eigenvalue weighted by molar-refractivity contribution is -0.275. The minimum atomic E-state index is -2.00. The van der Waals surface area contributed by atoms with Gasteiger partial charge in [-0.1, -0.05) is 0 Å². The lowest BCUT2D eigenvalue weighted by Gasteiger charge is -2.37. The van der Waals surface area contributed by atoms with Gasteiger partial charge in [0.15, 0.2) is 18.4 Å². The molecule has 16 nitrogen and oxygen atoms in total. The normalized spacial score (nSPS) is 26.5. The third-order valence-corrected chi connectivity index (χ3v) is 4.71. The first-order valence-electron chi connectivity index (χ1n) is 9.97. The molecular formula is C17H31N7O9. The molecule has 0 aromatic carbocycles. The van der Waals surface area contributed by atoms with Crippen molar-refractivity contribution in [3.63, 3.8) is 0 Å². The number of aliphatic hydroxyl groups excluding tert-OH is 4. The van der Waals surface area contributed by atoms with Crippen LogP contribution in [0, 0.1) is 0 Å². The maximum absolute atomic E-state index is 12.5. The zero-order valence-electron chi connectivity index (χ0n) is 17.7. The van der Waals surface area contributed by atoms with Gasteiger partial charge in [-0.25, -0.2) is 0 Å². The van der Waals surface area contributed by atoms with E-state index in [4.69, 9.17) is 27.7 Å². The number of carbonyl (C=O) groups is 4. The molecule has 16 heteroatoms. The summed E-state index contributed by atoms with van der Waals surface area (Å²) in [4.78, 5) is 52.0. The molecule has 1 aliphatic rings. The van der Waals surface area contributed by atoms with Crippen LogP contribution in [0.2, 0.25) is 0 Å². The van der Waals surface area contributed by atoms with E-state index in [1.54, 1.807) is 0 Å². The number of nitrogens with one attached hydrogen (secondary N) is 2. The van der Waals surface area contributed by atoms with Gasteiger partial charge in [0.1, 0.15) is 24.4 Å². The van der Waals surface area contributed by atoms with Crippen molar-refractivity contribution in [2.24, 2.45) is 27.9 Å². The average Bonchev–Trinajstić information content (AvgIpc) is 2.74. The fourth-order valence-electron chi connectivity index (χ4n) is 2.84. The third kappa shape index (κ3) is 8.87. The second-order valence-corrected chi connectivity index (χ2v) is 7.39. The van der Waals surface area contributed by atoms with Crippen LogP contribution in [0.3, 0.4) is 0 Å². The molecule has 7 atom stereocenters. The minimum absolute atomic E-state index is 0.123. The van der Waals surface area contributed by atoms with Crippen molar-refractivity contribution in [3.8, 4) is 0 Å². The number of nitrogens with two attached hydrogens (primary N) is 4. The summed E-state index contributed by atoms with van der Waals surface area (Å²) in [5.74, 6) is -4.02. The number of hydrogen-bond acceptors (Lipinski definition) is 11. The molecule has 0 saturated carbocycles. The molecule has 1 fully saturated rings. The average molecular weight is 477 g/mol. The first-order valence-corrected chi connectivity index (χ1v) is 9.97. The van der Waals surface area contributed by atoms with Crippen molar-refractivity contribution in [1.29, 1.82) is 0 Å². The third-order valence-electron chi connectivity index (χ3n) is 4.71. The number of imide groups is 1. The number of primary amides is 1. The Balaban J connectivity index is 2.77. The Kier molecular flexibility index (Phi) is 11.1. The second kappa shape index (κ2) is 13.0. The Labute approximate surface area is 188 Å². The summed E-state index contributed by atoms with van der Waals surface area (Å²) in [6.45, 7) is 0.222. The molecule has 1 rings (SSSR count). The van der Waals surface area contributed by atoms with E-state index in [0.717, 1.165) is 0 Å². The van der Waals surface area contributed by atoms with E-state index in [1.165, 1.54) is 0 Å². The fourth-order valence-corrected chi connectivity index (χ4v) is 2.84. The Morgan fingerprint density at radius 1 is 0.939 bits per heavy atom. The topological polar surface area (TPSA) is 299 Å². The lowest BCUT2D eigenvalue weighted by Crippen LogP contribution is -2.63. The number of carbonyl (C=O) groups excluding carboxylic acids is 4. The standard InChI is InChI=1S/C17H31N7O9/c18-6(2-1-5-22-17(20)21)13(29)23-7(3-4-8(19)25)14(30)24-15(31)12-10(27)9(26)11(28)16(32)33-12/h6-7,9-12,16,26-28,32H,1-5,18H2,(H2,19,25)(H,23,29)(H4,20,21,22)(H,24,30,31)/t6?,7?,9-,10+,11?,12?,16?/m0/s1. The highest BCUT2D eigenvalue weighted by molar-refractivity contribution is 6.01. The molecule has 5 unspecified atom stereocenters. The second-order valence-electron chi connectivity index (χ2n) is 7.39.